The summed E-state index contributed by atoms with van der Waals surface area (Å²) in [6, 6.07) is 83.9. The number of rotatable bonds is 8. The molecule has 2 heterocycles. The summed E-state index contributed by atoms with van der Waals surface area (Å²) in [6.45, 7) is 0. The lowest BCUT2D eigenvalue weighted by Gasteiger charge is -2.28. The summed E-state index contributed by atoms with van der Waals surface area (Å²) in [4.78, 5) is 2.35. The predicted octanol–water partition coefficient (Wildman–Crippen LogP) is 17.3. The first-order valence-corrected chi connectivity index (χ1v) is 21.4. The number of nitrogens with zero attached hydrogens (tertiary/aromatic N) is 1. The molecule has 63 heavy (non-hydrogen) atoms. The van der Waals surface area contributed by atoms with E-state index in [9.17, 15) is 0 Å². The van der Waals surface area contributed by atoms with Crippen LogP contribution in [0.15, 0.2) is 245 Å². The molecule has 0 radical (unpaired) electrons. The summed E-state index contributed by atoms with van der Waals surface area (Å²) < 4.78 is 13.8. The molecule has 296 valence electrons. The Morgan fingerprint density at radius 2 is 0.778 bits per heavy atom. The number of anilines is 3. The van der Waals surface area contributed by atoms with Crippen molar-refractivity contribution in [1.29, 1.82) is 0 Å². The van der Waals surface area contributed by atoms with Crippen molar-refractivity contribution >= 4 is 60.9 Å². The van der Waals surface area contributed by atoms with Gasteiger partial charge in [0.25, 0.3) is 0 Å². The molecule has 0 amide bonds. The molecule has 0 aliphatic rings. The van der Waals surface area contributed by atoms with Crippen molar-refractivity contribution in [2.75, 3.05) is 4.90 Å². The van der Waals surface area contributed by atoms with E-state index in [1.807, 2.05) is 12.1 Å². The van der Waals surface area contributed by atoms with Gasteiger partial charge in [-0.15, -0.1) is 0 Å². The molecule has 0 aliphatic heterocycles. The molecule has 10 aromatic carbocycles. The monoisotopic (exact) mass is 805 g/mol. The fourth-order valence-corrected chi connectivity index (χ4v) is 9.59. The molecule has 0 spiro atoms. The SMILES string of the molecule is c1ccc(-c2c(-c3ccccc3)c(-c3ccccc3)c3c(oc4cccc(-c5ccccc5N(c5ccccc5)c5ccc6c(c5)oc5ccccc56)c43)c2-c2ccccc2)cc1. The minimum atomic E-state index is 0.825. The van der Waals surface area contributed by atoms with Gasteiger partial charge in [-0.3, -0.25) is 0 Å². The van der Waals surface area contributed by atoms with Gasteiger partial charge in [0.2, 0.25) is 0 Å². The van der Waals surface area contributed by atoms with Crippen LogP contribution in [0.3, 0.4) is 0 Å². The van der Waals surface area contributed by atoms with Gasteiger partial charge in [0.05, 0.1) is 5.69 Å². The Hall–Kier alpha value is -8.40. The van der Waals surface area contributed by atoms with Crippen LogP contribution in [0.2, 0.25) is 0 Å². The van der Waals surface area contributed by atoms with Crippen LogP contribution >= 0.6 is 0 Å². The fraction of sp³-hybridized carbons (Fsp3) is 0. The van der Waals surface area contributed by atoms with Crippen molar-refractivity contribution in [3.8, 4) is 55.6 Å². The summed E-state index contributed by atoms with van der Waals surface area (Å²) >= 11 is 0. The molecule has 0 saturated heterocycles. The molecule has 0 N–H and O–H groups in total. The zero-order valence-corrected chi connectivity index (χ0v) is 34.3. The van der Waals surface area contributed by atoms with Gasteiger partial charge >= 0.3 is 0 Å². The predicted molar refractivity (Wildman–Crippen MR) is 263 cm³/mol. The maximum absolute atomic E-state index is 7.34. The molecule has 2 aromatic heterocycles. The third-order valence-corrected chi connectivity index (χ3v) is 12.3. The van der Waals surface area contributed by atoms with E-state index in [0.717, 1.165) is 117 Å². The van der Waals surface area contributed by atoms with Crippen LogP contribution in [-0.4, -0.2) is 0 Å². The lowest BCUT2D eigenvalue weighted by Crippen LogP contribution is -2.11. The first-order chi connectivity index (χ1) is 31.3. The molecule has 0 bridgehead atoms. The molecule has 0 atom stereocenters. The average Bonchev–Trinajstić information content (AvgIpc) is 3.93. The van der Waals surface area contributed by atoms with Crippen molar-refractivity contribution in [3.63, 3.8) is 0 Å². The van der Waals surface area contributed by atoms with E-state index in [1.54, 1.807) is 0 Å². The van der Waals surface area contributed by atoms with Crippen LogP contribution in [0, 0.1) is 0 Å². The zero-order chi connectivity index (χ0) is 41.7. The molecule has 0 aliphatic carbocycles. The highest BCUT2D eigenvalue weighted by atomic mass is 16.3. The van der Waals surface area contributed by atoms with Gasteiger partial charge in [-0.25, -0.2) is 0 Å². The van der Waals surface area contributed by atoms with Crippen molar-refractivity contribution in [2.45, 2.75) is 0 Å². The maximum Gasteiger partial charge on any atom is 0.144 e. The first-order valence-electron chi connectivity index (χ1n) is 21.4. The van der Waals surface area contributed by atoms with E-state index in [0.29, 0.717) is 0 Å². The molecule has 12 aromatic rings. The second kappa shape index (κ2) is 15.3. The Labute approximate surface area is 365 Å². The highest BCUT2D eigenvalue weighted by Gasteiger charge is 2.30. The lowest BCUT2D eigenvalue weighted by atomic mass is 9.80. The van der Waals surface area contributed by atoms with E-state index in [1.165, 1.54) is 0 Å². The van der Waals surface area contributed by atoms with Crippen molar-refractivity contribution in [2.24, 2.45) is 0 Å². The Balaban J connectivity index is 1.21. The van der Waals surface area contributed by atoms with Gasteiger partial charge in [0, 0.05) is 61.2 Å². The average molecular weight is 806 g/mol. The van der Waals surface area contributed by atoms with Gasteiger partial charge in [0.15, 0.2) is 0 Å². The lowest BCUT2D eigenvalue weighted by molar-refractivity contribution is 0.669. The summed E-state index contributed by atoms with van der Waals surface area (Å²) in [5.41, 5.74) is 17.6. The van der Waals surface area contributed by atoms with E-state index >= 15 is 0 Å². The fourth-order valence-electron chi connectivity index (χ4n) is 9.59. The maximum atomic E-state index is 7.34. The van der Waals surface area contributed by atoms with E-state index in [4.69, 9.17) is 8.83 Å². The molecule has 12 rings (SSSR count). The molecule has 0 unspecified atom stereocenters. The molecule has 3 nitrogen and oxygen atoms in total. The Morgan fingerprint density at radius 3 is 1.44 bits per heavy atom. The summed E-state index contributed by atoms with van der Waals surface area (Å²) in [7, 11) is 0. The quantitative estimate of drug-likeness (QED) is 0.153. The number of hydrogen-bond acceptors (Lipinski definition) is 3. The molecule has 3 heteroatoms. The number of para-hydroxylation sites is 3. The van der Waals surface area contributed by atoms with Crippen molar-refractivity contribution < 1.29 is 8.83 Å². The number of hydrogen-bond donors (Lipinski definition) is 0. The van der Waals surface area contributed by atoms with Crippen LogP contribution in [0.1, 0.15) is 0 Å². The van der Waals surface area contributed by atoms with Crippen molar-refractivity contribution in [3.05, 3.63) is 237 Å². The van der Waals surface area contributed by atoms with Gasteiger partial charge < -0.3 is 13.7 Å². The zero-order valence-electron chi connectivity index (χ0n) is 34.3. The molecular weight excluding hydrogens is 767 g/mol. The summed E-state index contributed by atoms with van der Waals surface area (Å²) in [5.74, 6) is 0. The van der Waals surface area contributed by atoms with Gasteiger partial charge in [-0.2, -0.15) is 0 Å². The van der Waals surface area contributed by atoms with E-state index in [2.05, 4.69) is 229 Å². The van der Waals surface area contributed by atoms with Gasteiger partial charge in [-0.05, 0) is 75.8 Å². The second-order valence-corrected chi connectivity index (χ2v) is 15.9. The molecular formula is C60H39NO2. The van der Waals surface area contributed by atoms with Crippen LogP contribution in [0.5, 0.6) is 0 Å². The van der Waals surface area contributed by atoms with E-state index in [-0.39, 0.29) is 0 Å². The van der Waals surface area contributed by atoms with Crippen LogP contribution < -0.4 is 4.90 Å². The smallest absolute Gasteiger partial charge is 0.144 e. The largest absolute Gasteiger partial charge is 0.456 e. The van der Waals surface area contributed by atoms with Crippen LogP contribution in [-0.2, 0) is 0 Å². The third kappa shape index (κ3) is 6.13. The first kappa shape index (κ1) is 36.5. The standard InChI is InChI=1S/C60H39NO2/c1-6-21-40(22-7-1)54-55(41-23-8-2-9-24-41)57(43-27-12-4-13-28-43)60-59(56(54)42-25-10-3-11-26-42)58-49(33-20-36-52(58)63-60)46-31-16-18-34-50(46)61(44-29-14-5-15-30-44)45-37-38-48-47-32-17-19-35-51(47)62-53(48)39-45/h1-39H. The minimum absolute atomic E-state index is 0.825. The highest BCUT2D eigenvalue weighted by molar-refractivity contribution is 6.27. The molecule has 0 saturated carbocycles. The number of benzene rings is 10. The topological polar surface area (TPSA) is 29.5 Å². The summed E-state index contributed by atoms with van der Waals surface area (Å²) in [6.07, 6.45) is 0. The van der Waals surface area contributed by atoms with E-state index < -0.39 is 0 Å². The molecule has 0 fully saturated rings. The second-order valence-electron chi connectivity index (χ2n) is 15.9. The van der Waals surface area contributed by atoms with Crippen molar-refractivity contribution in [1.82, 2.24) is 0 Å². The Morgan fingerprint density at radius 1 is 0.286 bits per heavy atom. The Kier molecular flexibility index (Phi) is 8.83. The third-order valence-electron chi connectivity index (χ3n) is 12.3. The Bertz CT molecular complexity index is 3590. The number of fused-ring (bicyclic) bond motifs is 6. The van der Waals surface area contributed by atoms with Gasteiger partial charge in [0.1, 0.15) is 22.3 Å². The van der Waals surface area contributed by atoms with Crippen LogP contribution in [0.4, 0.5) is 17.1 Å². The van der Waals surface area contributed by atoms with Crippen LogP contribution in [0.25, 0.3) is 99.5 Å². The van der Waals surface area contributed by atoms with Gasteiger partial charge in [-0.1, -0.05) is 188 Å². The summed E-state index contributed by atoms with van der Waals surface area (Å²) in [5, 5.41) is 4.35. The highest BCUT2D eigenvalue weighted by Crippen LogP contribution is 2.55. The minimum Gasteiger partial charge on any atom is -0.456 e. The normalized spacial score (nSPS) is 11.5. The number of furan rings is 2.